The molecule has 0 radical (unpaired) electrons. The van der Waals surface area contributed by atoms with Gasteiger partial charge in [-0.2, -0.15) is 0 Å². The van der Waals surface area contributed by atoms with Gasteiger partial charge in [-0.15, -0.1) is 0 Å². The van der Waals surface area contributed by atoms with Gasteiger partial charge in [0.25, 0.3) is 0 Å². The van der Waals surface area contributed by atoms with Crippen LogP contribution in [0.25, 0.3) is 0 Å². The molecule has 7 nitrogen and oxygen atoms in total. The highest BCUT2D eigenvalue weighted by Crippen LogP contribution is 2.48. The summed E-state index contributed by atoms with van der Waals surface area (Å²) in [5, 5.41) is 3.24. The number of nitrogens with one attached hydrogen (secondary N) is 1. The number of anilines is 1. The van der Waals surface area contributed by atoms with Crippen molar-refractivity contribution in [3.8, 4) is 0 Å². The third kappa shape index (κ3) is 2.58. The van der Waals surface area contributed by atoms with Crippen molar-refractivity contribution in [2.75, 3.05) is 32.6 Å². The molecule has 2 saturated heterocycles. The second kappa shape index (κ2) is 6.39. The maximum atomic E-state index is 12.7. The molecule has 0 spiro atoms. The molecule has 2 aliphatic rings. The fraction of sp³-hybridized carbons (Fsp3) is 0.526. The zero-order chi connectivity index (χ0) is 19.2. The van der Waals surface area contributed by atoms with Gasteiger partial charge in [0.15, 0.2) is 0 Å². The fourth-order valence-corrected chi connectivity index (χ4v) is 4.02. The molecule has 2 fully saturated rings. The van der Waals surface area contributed by atoms with Crippen molar-refractivity contribution >= 4 is 23.5 Å². The molecule has 0 aliphatic carbocycles. The number of nitrogens with zero attached hydrogens (tertiary/aromatic N) is 2. The Kier molecular flexibility index (Phi) is 4.52. The third-order valence-corrected chi connectivity index (χ3v) is 5.48. The second-order valence-corrected chi connectivity index (χ2v) is 7.27. The molecule has 0 saturated carbocycles. The molecule has 1 N–H and O–H groups in total. The Labute approximate surface area is 153 Å². The van der Waals surface area contributed by atoms with Crippen LogP contribution >= 0.6 is 0 Å². The maximum Gasteiger partial charge on any atom is 0.326 e. The van der Waals surface area contributed by atoms with Crippen LogP contribution in [0.4, 0.5) is 5.69 Å². The molecule has 140 valence electrons. The number of hydrogen-bond acceptors (Lipinski definition) is 6. The third-order valence-electron chi connectivity index (χ3n) is 5.48. The van der Waals surface area contributed by atoms with Crippen molar-refractivity contribution in [3.63, 3.8) is 0 Å². The van der Waals surface area contributed by atoms with Crippen molar-refractivity contribution in [2.45, 2.75) is 25.4 Å². The van der Waals surface area contributed by atoms with E-state index in [1.807, 2.05) is 43.3 Å². The van der Waals surface area contributed by atoms with Crippen LogP contribution in [-0.2, 0) is 19.1 Å². The zero-order valence-corrected chi connectivity index (χ0v) is 15.8. The van der Waals surface area contributed by atoms with Gasteiger partial charge in [0.2, 0.25) is 11.8 Å². The summed E-state index contributed by atoms with van der Waals surface area (Å²) in [5.41, 5.74) is 0.667. The van der Waals surface area contributed by atoms with Gasteiger partial charge in [0, 0.05) is 32.9 Å². The predicted octanol–water partition coefficient (Wildman–Crippen LogP) is 0.950. The number of likely N-dealkylation sites (tertiary alicyclic amines) is 1. The van der Waals surface area contributed by atoms with Gasteiger partial charge in [-0.1, -0.05) is 12.1 Å². The normalized spacial score (nSPS) is 30.5. The van der Waals surface area contributed by atoms with E-state index in [4.69, 9.17) is 4.74 Å². The lowest BCUT2D eigenvalue weighted by Crippen LogP contribution is -2.53. The van der Waals surface area contributed by atoms with E-state index in [9.17, 15) is 14.4 Å². The average molecular weight is 359 g/mol. The smallest absolute Gasteiger partial charge is 0.326 e. The largest absolute Gasteiger partial charge is 0.465 e. The van der Waals surface area contributed by atoms with E-state index in [-0.39, 0.29) is 18.4 Å². The number of carbonyl (C=O) groups excluding carboxylic acids is 3. The van der Waals surface area contributed by atoms with E-state index in [0.29, 0.717) is 0 Å². The highest BCUT2D eigenvalue weighted by Gasteiger charge is 2.66. The van der Waals surface area contributed by atoms with Gasteiger partial charge in [-0.05, 0) is 31.5 Å². The average Bonchev–Trinajstić information content (AvgIpc) is 3.05. The fourth-order valence-electron chi connectivity index (χ4n) is 4.02. The Balaban J connectivity index is 2.02. The molecule has 0 unspecified atom stereocenters. The topological polar surface area (TPSA) is 79.0 Å². The van der Waals surface area contributed by atoms with Gasteiger partial charge in [-0.3, -0.25) is 24.6 Å². The monoisotopic (exact) mass is 359 g/mol. The first-order valence-corrected chi connectivity index (χ1v) is 8.76. The number of imide groups is 1. The summed E-state index contributed by atoms with van der Waals surface area (Å²) in [5.74, 6) is -2.48. The summed E-state index contributed by atoms with van der Waals surface area (Å²) in [4.78, 5) is 41.2. The lowest BCUT2D eigenvalue weighted by atomic mass is 9.80. The van der Waals surface area contributed by atoms with Crippen LogP contribution < -0.4 is 10.2 Å². The molecule has 2 amide bonds. The van der Waals surface area contributed by atoms with Gasteiger partial charge in [0.1, 0.15) is 5.54 Å². The van der Waals surface area contributed by atoms with E-state index < -0.39 is 29.4 Å². The SMILES string of the molecule is CCOC(=O)[C@@]1(C)N[C@@H](c2ccc(N(C)C)cc2)[C@H]2C(=O)N(C)C(=O)[C@@H]21. The first-order valence-electron chi connectivity index (χ1n) is 8.76. The standard InChI is InChI=1S/C19H25N3O4/c1-6-26-18(25)19(2)14-13(16(23)22(5)17(14)24)15(20-19)11-7-9-12(10-8-11)21(3)4/h7-10,13-15,20H,6H2,1-5H3/t13-,14+,15-,19-/m0/s1. The highest BCUT2D eigenvalue weighted by atomic mass is 16.5. The molecule has 2 heterocycles. The molecule has 1 aromatic carbocycles. The van der Waals surface area contributed by atoms with Crippen molar-refractivity contribution in [1.82, 2.24) is 10.2 Å². The number of esters is 1. The lowest BCUT2D eigenvalue weighted by molar-refractivity contribution is -0.155. The minimum absolute atomic E-state index is 0.216. The van der Waals surface area contributed by atoms with E-state index in [2.05, 4.69) is 5.32 Å². The van der Waals surface area contributed by atoms with Crippen molar-refractivity contribution in [2.24, 2.45) is 11.8 Å². The summed E-state index contributed by atoms with van der Waals surface area (Å²) < 4.78 is 5.20. The molecule has 7 heteroatoms. The quantitative estimate of drug-likeness (QED) is 0.637. The Morgan fingerprint density at radius 2 is 1.85 bits per heavy atom. The van der Waals surface area contributed by atoms with E-state index in [0.717, 1.165) is 16.2 Å². The number of benzene rings is 1. The van der Waals surface area contributed by atoms with Gasteiger partial charge in [-0.25, -0.2) is 0 Å². The molecule has 0 bridgehead atoms. The van der Waals surface area contributed by atoms with Gasteiger partial charge in [0.05, 0.1) is 18.4 Å². The number of fused-ring (bicyclic) bond motifs is 1. The van der Waals surface area contributed by atoms with Crippen LogP contribution in [0, 0.1) is 11.8 Å². The molecule has 2 aliphatic heterocycles. The van der Waals surface area contributed by atoms with Gasteiger partial charge < -0.3 is 9.64 Å². The molecule has 4 atom stereocenters. The first-order chi connectivity index (χ1) is 12.2. The summed E-state index contributed by atoms with van der Waals surface area (Å²) in [6, 6.07) is 7.34. The Bertz CT molecular complexity index is 746. The molecule has 26 heavy (non-hydrogen) atoms. The van der Waals surface area contributed by atoms with Crippen LogP contribution in [0.3, 0.4) is 0 Å². The number of carbonyl (C=O) groups is 3. The molecular weight excluding hydrogens is 334 g/mol. The number of ether oxygens (including phenoxy) is 1. The maximum absolute atomic E-state index is 12.7. The summed E-state index contributed by atoms with van der Waals surface area (Å²) >= 11 is 0. The van der Waals surface area contributed by atoms with Crippen molar-refractivity contribution < 1.29 is 19.1 Å². The molecule has 0 aromatic heterocycles. The van der Waals surface area contributed by atoms with E-state index in [1.54, 1.807) is 13.8 Å². The minimum Gasteiger partial charge on any atom is -0.465 e. The van der Waals surface area contributed by atoms with Crippen molar-refractivity contribution in [1.29, 1.82) is 0 Å². The van der Waals surface area contributed by atoms with Crippen LogP contribution in [0.1, 0.15) is 25.5 Å². The van der Waals surface area contributed by atoms with Crippen molar-refractivity contribution in [3.05, 3.63) is 29.8 Å². The molecular formula is C19H25N3O4. The minimum atomic E-state index is -1.23. The van der Waals surface area contributed by atoms with Crippen LogP contribution in [-0.4, -0.2) is 56.0 Å². The lowest BCUT2D eigenvalue weighted by Gasteiger charge is -2.28. The van der Waals surface area contributed by atoms with Crippen LogP contribution in [0.5, 0.6) is 0 Å². The highest BCUT2D eigenvalue weighted by molar-refractivity contribution is 6.09. The summed E-state index contributed by atoms with van der Waals surface area (Å²) in [6.07, 6.45) is 0. The zero-order valence-electron chi connectivity index (χ0n) is 15.8. The van der Waals surface area contributed by atoms with E-state index >= 15 is 0 Å². The Morgan fingerprint density at radius 3 is 2.38 bits per heavy atom. The van der Waals surface area contributed by atoms with Crippen LogP contribution in [0.2, 0.25) is 0 Å². The Morgan fingerprint density at radius 1 is 1.23 bits per heavy atom. The summed E-state index contributed by atoms with van der Waals surface area (Å²) in [6.45, 7) is 3.59. The first kappa shape index (κ1) is 18.4. The number of amides is 2. The molecule has 3 rings (SSSR count). The number of hydrogen-bond donors (Lipinski definition) is 1. The van der Waals surface area contributed by atoms with Gasteiger partial charge >= 0.3 is 5.97 Å². The second-order valence-electron chi connectivity index (χ2n) is 7.27. The van der Waals surface area contributed by atoms with Crippen LogP contribution in [0.15, 0.2) is 24.3 Å². The van der Waals surface area contributed by atoms with E-state index in [1.165, 1.54) is 7.05 Å². The molecule has 1 aromatic rings. The predicted molar refractivity (Wildman–Crippen MR) is 96.4 cm³/mol. The number of rotatable bonds is 4. The Hall–Kier alpha value is -2.41. The summed E-state index contributed by atoms with van der Waals surface area (Å²) in [7, 11) is 5.37.